The van der Waals surface area contributed by atoms with Crippen LogP contribution in [0.2, 0.25) is 0 Å². The molecule has 86 valence electrons. The number of hydrogen-bond donors (Lipinski definition) is 1. The predicted octanol–water partition coefficient (Wildman–Crippen LogP) is 2.56. The monoisotopic (exact) mass is 235 g/mol. The zero-order chi connectivity index (χ0) is 11.2. The van der Waals surface area contributed by atoms with Crippen molar-refractivity contribution in [1.82, 2.24) is 5.32 Å². The second kappa shape index (κ2) is 5.94. The van der Waals surface area contributed by atoms with E-state index < -0.39 is 0 Å². The van der Waals surface area contributed by atoms with Gasteiger partial charge in [-0.3, -0.25) is 4.79 Å². The minimum absolute atomic E-state index is 0.0545. The molecule has 1 heterocycles. The van der Waals surface area contributed by atoms with E-state index in [1.54, 1.807) is 0 Å². The van der Waals surface area contributed by atoms with Gasteiger partial charge in [-0.1, -0.05) is 18.2 Å². The zero-order valence-corrected chi connectivity index (χ0v) is 10.1. The minimum Gasteiger partial charge on any atom is -0.352 e. The topological polar surface area (TPSA) is 29.1 Å². The van der Waals surface area contributed by atoms with Gasteiger partial charge in [-0.15, -0.1) is 0 Å². The Kier molecular flexibility index (Phi) is 4.28. The first-order chi connectivity index (χ1) is 7.86. The molecular formula is C13H17NOS. The molecule has 0 spiro atoms. The molecule has 3 heteroatoms. The number of hydrogen-bond acceptors (Lipinski definition) is 2. The van der Waals surface area contributed by atoms with E-state index in [9.17, 15) is 4.79 Å². The van der Waals surface area contributed by atoms with Crippen molar-refractivity contribution in [2.24, 2.45) is 5.92 Å². The number of amides is 1. The highest BCUT2D eigenvalue weighted by atomic mass is 32.2. The summed E-state index contributed by atoms with van der Waals surface area (Å²) in [5.74, 6) is 3.21. The lowest BCUT2D eigenvalue weighted by Gasteiger charge is -2.21. The highest BCUT2D eigenvalue weighted by Gasteiger charge is 2.14. The standard InChI is InChI=1S/C13H17NOS/c15-13(12-4-2-1-3-5-12)14-10-11-6-8-16-9-7-11/h1-5,11H,6-10H2,(H,14,15). The van der Waals surface area contributed by atoms with E-state index in [-0.39, 0.29) is 5.91 Å². The van der Waals surface area contributed by atoms with Gasteiger partial charge in [-0.05, 0) is 42.4 Å². The molecule has 1 amide bonds. The Morgan fingerprint density at radius 3 is 2.62 bits per heavy atom. The minimum atomic E-state index is 0.0545. The van der Waals surface area contributed by atoms with Gasteiger partial charge in [0.15, 0.2) is 0 Å². The van der Waals surface area contributed by atoms with Crippen LogP contribution in [-0.2, 0) is 0 Å². The number of carbonyl (C=O) groups is 1. The second-order valence-corrected chi connectivity index (χ2v) is 5.36. The molecule has 16 heavy (non-hydrogen) atoms. The summed E-state index contributed by atoms with van der Waals surface area (Å²) in [6.07, 6.45) is 2.47. The van der Waals surface area contributed by atoms with Gasteiger partial charge in [0.25, 0.3) is 5.91 Å². The third-order valence-corrected chi connectivity index (χ3v) is 3.98. The molecule has 0 aromatic heterocycles. The molecule has 0 atom stereocenters. The van der Waals surface area contributed by atoms with Gasteiger partial charge < -0.3 is 5.32 Å². The molecule has 1 aromatic rings. The summed E-state index contributed by atoms with van der Waals surface area (Å²) in [6, 6.07) is 9.42. The van der Waals surface area contributed by atoms with Crippen LogP contribution in [0.4, 0.5) is 0 Å². The lowest BCUT2D eigenvalue weighted by molar-refractivity contribution is 0.0946. The van der Waals surface area contributed by atoms with Crippen molar-refractivity contribution in [3.63, 3.8) is 0 Å². The maximum atomic E-state index is 11.8. The van der Waals surface area contributed by atoms with Gasteiger partial charge >= 0.3 is 0 Å². The van der Waals surface area contributed by atoms with Crippen molar-refractivity contribution >= 4 is 17.7 Å². The smallest absolute Gasteiger partial charge is 0.251 e. The highest BCUT2D eigenvalue weighted by Crippen LogP contribution is 2.21. The zero-order valence-electron chi connectivity index (χ0n) is 9.32. The van der Waals surface area contributed by atoms with E-state index in [1.165, 1.54) is 24.3 Å². The second-order valence-electron chi connectivity index (χ2n) is 4.13. The molecule has 0 radical (unpaired) electrons. The number of thioether (sulfide) groups is 1. The molecule has 0 unspecified atom stereocenters. The van der Waals surface area contributed by atoms with Gasteiger partial charge in [0.1, 0.15) is 0 Å². The normalized spacial score (nSPS) is 17.0. The Morgan fingerprint density at radius 2 is 1.94 bits per heavy atom. The highest BCUT2D eigenvalue weighted by molar-refractivity contribution is 7.99. The fraction of sp³-hybridized carbons (Fsp3) is 0.462. The fourth-order valence-corrected chi connectivity index (χ4v) is 3.08. The Bertz CT molecular complexity index is 333. The van der Waals surface area contributed by atoms with Gasteiger partial charge in [0.2, 0.25) is 0 Å². The number of benzene rings is 1. The van der Waals surface area contributed by atoms with E-state index >= 15 is 0 Å². The van der Waals surface area contributed by atoms with Gasteiger partial charge in [-0.25, -0.2) is 0 Å². The largest absolute Gasteiger partial charge is 0.352 e. The number of carbonyl (C=O) groups excluding carboxylic acids is 1. The van der Waals surface area contributed by atoms with Crippen molar-refractivity contribution in [1.29, 1.82) is 0 Å². The Labute approximate surface area is 101 Å². The van der Waals surface area contributed by atoms with Gasteiger partial charge in [-0.2, -0.15) is 11.8 Å². The van der Waals surface area contributed by atoms with E-state index in [1.807, 2.05) is 42.1 Å². The van der Waals surface area contributed by atoms with Crippen LogP contribution >= 0.6 is 11.8 Å². The van der Waals surface area contributed by atoms with Crippen molar-refractivity contribution in [2.75, 3.05) is 18.1 Å². The maximum absolute atomic E-state index is 11.8. The first kappa shape index (κ1) is 11.5. The molecule has 2 nitrogen and oxygen atoms in total. The summed E-state index contributed by atoms with van der Waals surface area (Å²) in [6.45, 7) is 0.828. The van der Waals surface area contributed by atoms with Gasteiger partial charge in [0, 0.05) is 12.1 Å². The molecule has 0 saturated carbocycles. The summed E-state index contributed by atoms with van der Waals surface area (Å²) < 4.78 is 0. The maximum Gasteiger partial charge on any atom is 0.251 e. The summed E-state index contributed by atoms with van der Waals surface area (Å²) in [4.78, 5) is 11.8. The first-order valence-corrected chi connectivity index (χ1v) is 6.93. The quantitative estimate of drug-likeness (QED) is 0.872. The SMILES string of the molecule is O=C(NCC1CCSCC1)c1ccccc1. The first-order valence-electron chi connectivity index (χ1n) is 5.77. The Balaban J connectivity index is 1.79. The summed E-state index contributed by atoms with van der Waals surface area (Å²) in [7, 11) is 0. The lowest BCUT2D eigenvalue weighted by atomic mass is 10.0. The van der Waals surface area contributed by atoms with Crippen LogP contribution in [0.25, 0.3) is 0 Å². The van der Waals surface area contributed by atoms with Crippen LogP contribution in [0.5, 0.6) is 0 Å². The molecular weight excluding hydrogens is 218 g/mol. The molecule has 1 aliphatic rings. The predicted molar refractivity (Wildman–Crippen MR) is 68.8 cm³/mol. The molecule has 1 saturated heterocycles. The summed E-state index contributed by atoms with van der Waals surface area (Å²) in [5, 5.41) is 3.02. The van der Waals surface area contributed by atoms with Crippen molar-refractivity contribution in [2.45, 2.75) is 12.8 Å². The van der Waals surface area contributed by atoms with Crippen LogP contribution in [0.15, 0.2) is 30.3 Å². The fourth-order valence-electron chi connectivity index (χ4n) is 1.88. The molecule has 2 rings (SSSR count). The van der Waals surface area contributed by atoms with E-state index in [4.69, 9.17) is 0 Å². The van der Waals surface area contributed by atoms with Crippen LogP contribution < -0.4 is 5.32 Å². The third-order valence-electron chi connectivity index (χ3n) is 2.93. The molecule has 1 N–H and O–H groups in total. The summed E-state index contributed by atoms with van der Waals surface area (Å²) >= 11 is 2.02. The van der Waals surface area contributed by atoms with Crippen LogP contribution in [0, 0.1) is 5.92 Å². The van der Waals surface area contributed by atoms with Crippen LogP contribution in [0.3, 0.4) is 0 Å². The van der Waals surface area contributed by atoms with Crippen molar-refractivity contribution in [3.05, 3.63) is 35.9 Å². The number of rotatable bonds is 3. The molecule has 1 aromatic carbocycles. The lowest BCUT2D eigenvalue weighted by Crippen LogP contribution is -2.30. The van der Waals surface area contributed by atoms with E-state index in [2.05, 4.69) is 5.32 Å². The van der Waals surface area contributed by atoms with Crippen LogP contribution in [-0.4, -0.2) is 24.0 Å². The third kappa shape index (κ3) is 3.27. The Morgan fingerprint density at radius 1 is 1.25 bits per heavy atom. The van der Waals surface area contributed by atoms with Gasteiger partial charge in [0.05, 0.1) is 0 Å². The van der Waals surface area contributed by atoms with Crippen molar-refractivity contribution in [3.8, 4) is 0 Å². The molecule has 1 fully saturated rings. The average molecular weight is 235 g/mol. The molecule has 1 aliphatic heterocycles. The summed E-state index contributed by atoms with van der Waals surface area (Å²) in [5.41, 5.74) is 0.757. The van der Waals surface area contributed by atoms with Crippen molar-refractivity contribution < 1.29 is 4.79 Å². The molecule has 0 aliphatic carbocycles. The van der Waals surface area contributed by atoms with Crippen LogP contribution in [0.1, 0.15) is 23.2 Å². The number of nitrogens with one attached hydrogen (secondary N) is 1. The Hall–Kier alpha value is -0.960. The average Bonchev–Trinajstić information content (AvgIpc) is 2.38. The van der Waals surface area contributed by atoms with E-state index in [0.717, 1.165) is 12.1 Å². The van der Waals surface area contributed by atoms with E-state index in [0.29, 0.717) is 5.92 Å². The molecule has 0 bridgehead atoms.